The first-order valence-corrected chi connectivity index (χ1v) is 13.9. The molecule has 1 aliphatic heterocycles. The third-order valence-corrected chi connectivity index (χ3v) is 7.66. The number of urea groups is 1. The van der Waals surface area contributed by atoms with Crippen LogP contribution in [0.25, 0.3) is 10.2 Å². The van der Waals surface area contributed by atoms with Crippen molar-refractivity contribution < 1.29 is 23.1 Å². The van der Waals surface area contributed by atoms with Crippen LogP contribution in [-0.2, 0) is 0 Å². The number of hydrogen-bond donors (Lipinski definition) is 3. The third-order valence-electron chi connectivity index (χ3n) is 6.52. The molecule has 8 nitrogen and oxygen atoms in total. The molecule has 4 aromatic rings. The summed E-state index contributed by atoms with van der Waals surface area (Å²) in [5.74, 6) is -0.873. The molecule has 1 aliphatic rings. The fourth-order valence-corrected chi connectivity index (χ4v) is 5.49. The monoisotopic (exact) mass is 565 g/mol. The minimum absolute atomic E-state index is 0.00866. The van der Waals surface area contributed by atoms with Crippen LogP contribution in [0, 0.1) is 18.6 Å². The van der Waals surface area contributed by atoms with Crippen molar-refractivity contribution in [3.8, 4) is 11.5 Å². The largest absolute Gasteiger partial charge is 0.456 e. The Balaban J connectivity index is 1.21. The molecule has 0 spiro atoms. The lowest BCUT2D eigenvalue weighted by Crippen LogP contribution is -2.28. The average molecular weight is 566 g/mol. The maximum absolute atomic E-state index is 14.8. The first kappa shape index (κ1) is 27.5. The van der Waals surface area contributed by atoms with E-state index in [1.807, 2.05) is 0 Å². The fraction of sp³-hybridized carbons (Fsp3) is 0.276. The van der Waals surface area contributed by atoms with Crippen molar-refractivity contribution in [3.05, 3.63) is 76.8 Å². The number of ether oxygens (including phenoxy) is 1. The Morgan fingerprint density at radius 2 is 1.80 bits per heavy atom. The van der Waals surface area contributed by atoms with Gasteiger partial charge < -0.3 is 25.6 Å². The van der Waals surface area contributed by atoms with Crippen molar-refractivity contribution in [1.82, 2.24) is 15.2 Å². The lowest BCUT2D eigenvalue weighted by molar-refractivity contribution is 0.0956. The van der Waals surface area contributed by atoms with Gasteiger partial charge >= 0.3 is 6.03 Å². The zero-order valence-corrected chi connectivity index (χ0v) is 22.7. The van der Waals surface area contributed by atoms with Gasteiger partial charge in [-0.3, -0.25) is 9.78 Å². The highest BCUT2D eigenvalue weighted by Crippen LogP contribution is 2.35. The molecule has 3 N–H and O–H groups in total. The van der Waals surface area contributed by atoms with Gasteiger partial charge in [-0.25, -0.2) is 13.6 Å². The van der Waals surface area contributed by atoms with Gasteiger partial charge in [0.25, 0.3) is 5.91 Å². The van der Waals surface area contributed by atoms with Crippen molar-refractivity contribution >= 4 is 44.9 Å². The van der Waals surface area contributed by atoms with Crippen LogP contribution in [0.5, 0.6) is 11.5 Å². The number of rotatable bonds is 9. The zero-order valence-electron chi connectivity index (χ0n) is 21.9. The molecule has 0 radical (unpaired) electrons. The smallest absolute Gasteiger partial charge is 0.323 e. The highest BCUT2D eigenvalue weighted by Gasteiger charge is 2.16. The molecule has 1 saturated heterocycles. The van der Waals surface area contributed by atoms with E-state index >= 15 is 0 Å². The highest BCUT2D eigenvalue weighted by molar-refractivity contribution is 7.21. The second-order valence-corrected chi connectivity index (χ2v) is 10.7. The highest BCUT2D eigenvalue weighted by atomic mass is 32.1. The Kier molecular flexibility index (Phi) is 8.51. The SMILES string of the molecule is Cc1ccc(F)c(NC(=O)Nc2ccc(Oc3ccnc4cc(C(=O)NCCCN5CCCC5)sc34)cc2F)c1. The lowest BCUT2D eigenvalue weighted by Gasteiger charge is -2.14. The summed E-state index contributed by atoms with van der Waals surface area (Å²) in [5, 5.41) is 7.72. The molecule has 11 heteroatoms. The van der Waals surface area contributed by atoms with Crippen LogP contribution < -0.4 is 20.7 Å². The molecule has 40 heavy (non-hydrogen) atoms. The second-order valence-electron chi connectivity index (χ2n) is 9.60. The molecule has 0 aliphatic carbocycles. The number of fused-ring (bicyclic) bond motifs is 1. The molecule has 2 aromatic heterocycles. The van der Waals surface area contributed by atoms with Crippen LogP contribution in [-0.4, -0.2) is 48.0 Å². The molecule has 5 rings (SSSR count). The first-order valence-electron chi connectivity index (χ1n) is 13.1. The van der Waals surface area contributed by atoms with E-state index in [1.54, 1.807) is 31.3 Å². The van der Waals surface area contributed by atoms with Crippen LogP contribution in [0.1, 0.15) is 34.5 Å². The standard InChI is InChI=1S/C29H29F2N5O3S/c1-18-5-7-20(30)23(15-18)35-29(38)34-22-8-6-19(16-21(22)31)39-25-9-11-32-24-17-26(40-27(24)25)28(37)33-10-4-14-36-12-2-3-13-36/h5-9,11,15-17H,2-4,10,12-14H2,1H3,(H,33,37)(H2,34,35,38). The predicted octanol–water partition coefficient (Wildman–Crippen LogP) is 6.53. The number of halogens is 2. The molecule has 0 saturated carbocycles. The topological polar surface area (TPSA) is 95.6 Å². The number of likely N-dealkylation sites (tertiary alicyclic amines) is 1. The average Bonchev–Trinajstić information content (AvgIpc) is 3.61. The number of hydrogen-bond acceptors (Lipinski definition) is 6. The van der Waals surface area contributed by atoms with Crippen LogP contribution in [0.15, 0.2) is 54.7 Å². The number of carbonyl (C=O) groups excluding carboxylic acids is 2. The normalized spacial score (nSPS) is 13.4. The van der Waals surface area contributed by atoms with Crippen LogP contribution in [0.3, 0.4) is 0 Å². The van der Waals surface area contributed by atoms with Gasteiger partial charge in [0, 0.05) is 24.9 Å². The van der Waals surface area contributed by atoms with E-state index in [1.165, 1.54) is 48.4 Å². The van der Waals surface area contributed by atoms with Gasteiger partial charge in [-0.2, -0.15) is 0 Å². The van der Waals surface area contributed by atoms with Gasteiger partial charge in [0.1, 0.15) is 23.1 Å². The van der Waals surface area contributed by atoms with E-state index < -0.39 is 17.7 Å². The second kappa shape index (κ2) is 12.4. The molecule has 0 atom stereocenters. The van der Waals surface area contributed by atoms with Crippen LogP contribution >= 0.6 is 11.3 Å². The molecular weight excluding hydrogens is 536 g/mol. The Morgan fingerprint density at radius 1 is 1.00 bits per heavy atom. The Hall–Kier alpha value is -4.09. The van der Waals surface area contributed by atoms with E-state index in [0.29, 0.717) is 27.4 Å². The maximum atomic E-state index is 14.8. The minimum atomic E-state index is -0.784. The van der Waals surface area contributed by atoms with Crippen molar-refractivity contribution in [2.45, 2.75) is 26.2 Å². The fourth-order valence-electron chi connectivity index (χ4n) is 4.50. The lowest BCUT2D eigenvalue weighted by atomic mass is 10.2. The van der Waals surface area contributed by atoms with Gasteiger partial charge in [0.15, 0.2) is 0 Å². The molecule has 3 amide bonds. The molecule has 3 heterocycles. The van der Waals surface area contributed by atoms with E-state index in [0.717, 1.165) is 37.7 Å². The third kappa shape index (κ3) is 6.72. The number of nitrogens with zero attached hydrogens (tertiary/aromatic N) is 2. The van der Waals surface area contributed by atoms with Gasteiger partial charge in [-0.05, 0) is 81.7 Å². The van der Waals surface area contributed by atoms with E-state index in [2.05, 4.69) is 25.8 Å². The van der Waals surface area contributed by atoms with Crippen molar-refractivity contribution in [2.24, 2.45) is 0 Å². The molecule has 0 unspecified atom stereocenters. The zero-order chi connectivity index (χ0) is 28.1. The van der Waals surface area contributed by atoms with E-state index in [-0.39, 0.29) is 23.0 Å². The van der Waals surface area contributed by atoms with E-state index in [4.69, 9.17) is 4.74 Å². The van der Waals surface area contributed by atoms with Gasteiger partial charge in [-0.1, -0.05) is 6.07 Å². The Morgan fingerprint density at radius 3 is 2.60 bits per heavy atom. The van der Waals surface area contributed by atoms with Gasteiger partial charge in [0.2, 0.25) is 0 Å². The summed E-state index contributed by atoms with van der Waals surface area (Å²) in [6.07, 6.45) is 4.94. The quantitative estimate of drug-likeness (QED) is 0.201. The van der Waals surface area contributed by atoms with Crippen LogP contribution in [0.2, 0.25) is 0 Å². The predicted molar refractivity (Wildman–Crippen MR) is 152 cm³/mol. The summed E-state index contributed by atoms with van der Waals surface area (Å²) in [4.78, 5) is 32.3. The summed E-state index contributed by atoms with van der Waals surface area (Å²) in [6.45, 7) is 5.60. The number of amides is 3. The number of carbonyl (C=O) groups is 2. The number of anilines is 2. The first-order chi connectivity index (χ1) is 19.4. The van der Waals surface area contributed by atoms with Gasteiger partial charge in [-0.15, -0.1) is 11.3 Å². The number of aromatic nitrogens is 1. The summed E-state index contributed by atoms with van der Waals surface area (Å²) in [6, 6.07) is 10.9. The van der Waals surface area contributed by atoms with Crippen LogP contribution in [0.4, 0.5) is 25.0 Å². The minimum Gasteiger partial charge on any atom is -0.456 e. The Bertz CT molecular complexity index is 1540. The van der Waals surface area contributed by atoms with Crippen molar-refractivity contribution in [2.75, 3.05) is 36.8 Å². The van der Waals surface area contributed by atoms with Gasteiger partial charge in [0.05, 0.1) is 26.5 Å². The van der Waals surface area contributed by atoms with Crippen molar-refractivity contribution in [1.29, 1.82) is 0 Å². The number of benzene rings is 2. The maximum Gasteiger partial charge on any atom is 0.323 e. The molecule has 1 fully saturated rings. The molecule has 2 aromatic carbocycles. The molecular formula is C29H29F2N5O3S. The summed E-state index contributed by atoms with van der Waals surface area (Å²) >= 11 is 1.25. The summed E-state index contributed by atoms with van der Waals surface area (Å²) < 4.78 is 35.3. The molecule has 208 valence electrons. The summed E-state index contributed by atoms with van der Waals surface area (Å²) in [7, 11) is 0. The Labute approximate surface area is 234 Å². The van der Waals surface area contributed by atoms with E-state index in [9.17, 15) is 18.4 Å². The number of aryl methyl sites for hydroxylation is 1. The summed E-state index contributed by atoms with van der Waals surface area (Å²) in [5.41, 5.74) is 1.26. The van der Waals surface area contributed by atoms with Crippen molar-refractivity contribution in [3.63, 3.8) is 0 Å². The number of pyridine rings is 1. The number of nitrogens with one attached hydrogen (secondary N) is 3. The molecule has 0 bridgehead atoms. The number of thiophene rings is 1.